The number of amides is 1. The number of ether oxygens (including phenoxy) is 2. The number of pyridine rings is 2. The highest BCUT2D eigenvalue weighted by Gasteiger charge is 2.14. The van der Waals surface area contributed by atoms with E-state index in [0.717, 1.165) is 114 Å². The van der Waals surface area contributed by atoms with Gasteiger partial charge in [-0.05, 0) is 106 Å². The van der Waals surface area contributed by atoms with Gasteiger partial charge in [0.1, 0.15) is 11.5 Å². The minimum atomic E-state index is -0.0809. The second kappa shape index (κ2) is 26.7. The van der Waals surface area contributed by atoms with Crippen LogP contribution in [0.1, 0.15) is 55.3 Å². The first-order valence-corrected chi connectivity index (χ1v) is 24.3. The summed E-state index contributed by atoms with van der Waals surface area (Å²) in [4.78, 5) is 34.0. The van der Waals surface area contributed by atoms with Gasteiger partial charge >= 0.3 is 0 Å². The van der Waals surface area contributed by atoms with Crippen LogP contribution in [0.2, 0.25) is 10.0 Å². The van der Waals surface area contributed by atoms with Crippen molar-refractivity contribution in [3.63, 3.8) is 0 Å². The monoisotopic (exact) mass is 1010 g/mol. The van der Waals surface area contributed by atoms with Crippen molar-refractivity contribution in [3.05, 3.63) is 186 Å². The van der Waals surface area contributed by atoms with Gasteiger partial charge < -0.3 is 28.5 Å². The summed E-state index contributed by atoms with van der Waals surface area (Å²) in [6.45, 7) is 4.87. The highest BCUT2D eigenvalue weighted by molar-refractivity contribution is 9.10. The van der Waals surface area contributed by atoms with Crippen LogP contribution < -0.4 is 14.8 Å². The van der Waals surface area contributed by atoms with E-state index in [4.69, 9.17) is 37.7 Å². The lowest BCUT2D eigenvalue weighted by Gasteiger charge is -2.11. The molecule has 1 amide bonds. The van der Waals surface area contributed by atoms with Crippen molar-refractivity contribution in [1.29, 1.82) is 0 Å². The molecule has 0 spiro atoms. The Hall–Kier alpha value is -6.54. The first-order chi connectivity index (χ1) is 33.4. The van der Waals surface area contributed by atoms with Crippen LogP contribution in [-0.2, 0) is 19.6 Å². The molecular weight excluding hydrogens is 961 g/mol. The number of imidazole rings is 3. The second-order valence-electron chi connectivity index (χ2n) is 15.8. The lowest BCUT2D eigenvalue weighted by molar-refractivity contribution is 0.0954. The normalized spacial score (nSPS) is 10.8. The molecule has 5 aromatic heterocycles. The van der Waals surface area contributed by atoms with Crippen molar-refractivity contribution in [2.45, 2.75) is 64.6 Å². The molecule has 0 bridgehead atoms. The van der Waals surface area contributed by atoms with Gasteiger partial charge in [0.05, 0.1) is 59.5 Å². The smallest absolute Gasteiger partial charge is 0.252 e. The molecule has 0 fully saturated rings. The predicted octanol–water partition coefficient (Wildman–Crippen LogP) is 12.8. The number of carbonyl (C=O) groups is 1. The third-order valence-corrected chi connectivity index (χ3v) is 11.9. The summed E-state index contributed by atoms with van der Waals surface area (Å²) in [5.74, 6) is 1.54. The van der Waals surface area contributed by atoms with Crippen LogP contribution in [-0.4, -0.2) is 64.3 Å². The predicted molar refractivity (Wildman–Crippen MR) is 275 cm³/mol. The number of nitrogens with one attached hydrogen (secondary N) is 1. The highest BCUT2D eigenvalue weighted by atomic mass is 79.9. The van der Waals surface area contributed by atoms with Gasteiger partial charge in [-0.25, -0.2) is 19.9 Å². The summed E-state index contributed by atoms with van der Waals surface area (Å²) in [7, 11) is 0. The van der Waals surface area contributed by atoms with Gasteiger partial charge in [-0.3, -0.25) is 9.78 Å². The number of fused-ring (bicyclic) bond motifs is 2. The number of halogens is 3. The molecule has 0 aliphatic carbocycles. The van der Waals surface area contributed by atoms with E-state index in [-0.39, 0.29) is 5.91 Å². The minimum Gasteiger partial charge on any atom is -0.493 e. The first kappa shape index (κ1) is 49.4. The Labute approximate surface area is 415 Å². The van der Waals surface area contributed by atoms with Crippen LogP contribution in [0.15, 0.2) is 170 Å². The van der Waals surface area contributed by atoms with E-state index in [1.54, 1.807) is 43.1 Å². The number of unbranched alkanes of at least 4 members (excludes halogenated alkanes) is 4. The molecule has 4 aromatic carbocycles. The molecule has 0 radical (unpaired) electrons. The van der Waals surface area contributed by atoms with Gasteiger partial charge in [0.2, 0.25) is 0 Å². The largest absolute Gasteiger partial charge is 0.493 e. The minimum absolute atomic E-state index is 0.0809. The third kappa shape index (κ3) is 15.5. The molecule has 9 aromatic rings. The molecule has 5 heterocycles. The summed E-state index contributed by atoms with van der Waals surface area (Å²) in [5.41, 5.74) is 4.20. The summed E-state index contributed by atoms with van der Waals surface area (Å²) in [5, 5.41) is 6.16. The van der Waals surface area contributed by atoms with Crippen LogP contribution in [0.4, 0.5) is 0 Å². The SMILES string of the molecule is Clc1ccc(OCCCCCn2ccnc2)c(Cl)c1.O=C(NCCCn1ccnc1)c1cc(-c2ccc(Br)cc2)nc2ccccc12.c1ccc2c(OCCCCCn3ccnc3)ccnc2c1. The van der Waals surface area contributed by atoms with E-state index in [1.165, 1.54) is 0 Å². The molecule has 12 nitrogen and oxygen atoms in total. The molecule has 0 saturated carbocycles. The van der Waals surface area contributed by atoms with Crippen molar-refractivity contribution >= 4 is 66.8 Å². The van der Waals surface area contributed by atoms with Gasteiger partial charge in [0.25, 0.3) is 5.91 Å². The zero-order valence-corrected chi connectivity index (χ0v) is 40.8. The number of para-hydroxylation sites is 2. The molecule has 0 atom stereocenters. The molecule has 0 saturated heterocycles. The number of hydrogen-bond donors (Lipinski definition) is 1. The summed E-state index contributed by atoms with van der Waals surface area (Å²) < 4.78 is 18.7. The van der Waals surface area contributed by atoms with Crippen molar-refractivity contribution in [2.75, 3.05) is 19.8 Å². The van der Waals surface area contributed by atoms with Crippen LogP contribution in [0.5, 0.6) is 11.5 Å². The maximum atomic E-state index is 12.9. The maximum Gasteiger partial charge on any atom is 0.252 e. The van der Waals surface area contributed by atoms with Crippen molar-refractivity contribution in [3.8, 4) is 22.8 Å². The number of aromatic nitrogens is 8. The van der Waals surface area contributed by atoms with Gasteiger partial charge in [-0.15, -0.1) is 0 Å². The summed E-state index contributed by atoms with van der Waals surface area (Å²) in [6, 6.07) is 32.8. The number of nitrogens with zero attached hydrogens (tertiary/aromatic N) is 8. The molecule has 9 rings (SSSR count). The van der Waals surface area contributed by atoms with Gasteiger partial charge in [-0.2, -0.15) is 0 Å². The lowest BCUT2D eigenvalue weighted by Crippen LogP contribution is -2.25. The van der Waals surface area contributed by atoms with Gasteiger partial charge in [0.15, 0.2) is 0 Å². The first-order valence-electron chi connectivity index (χ1n) is 22.7. The Bertz CT molecular complexity index is 2880. The Morgan fingerprint density at radius 3 is 1.79 bits per heavy atom. The molecule has 1 N–H and O–H groups in total. The lowest BCUT2D eigenvalue weighted by atomic mass is 10.0. The molecule has 0 unspecified atom stereocenters. The maximum absolute atomic E-state index is 12.9. The number of rotatable bonds is 20. The summed E-state index contributed by atoms with van der Waals surface area (Å²) in [6.07, 6.45) is 26.0. The number of hydrogen-bond acceptors (Lipinski definition) is 8. The Morgan fingerprint density at radius 1 is 0.588 bits per heavy atom. The third-order valence-electron chi connectivity index (χ3n) is 10.8. The van der Waals surface area contributed by atoms with Crippen molar-refractivity contribution in [2.24, 2.45) is 0 Å². The quantitative estimate of drug-likeness (QED) is 0.0748. The molecular formula is C53H54BrCl2N9O3. The second-order valence-corrected chi connectivity index (χ2v) is 17.6. The zero-order chi connectivity index (χ0) is 47.2. The number of carbonyl (C=O) groups excluding carboxylic acids is 1. The fraction of sp³-hybridized carbons (Fsp3) is 0.245. The van der Waals surface area contributed by atoms with Crippen LogP contribution >= 0.6 is 39.1 Å². The van der Waals surface area contributed by atoms with Gasteiger partial charge in [0, 0.05) is 95.4 Å². The molecule has 0 aliphatic heterocycles. The average molecular weight is 1020 g/mol. The average Bonchev–Trinajstić information content (AvgIpc) is 4.20. The van der Waals surface area contributed by atoms with E-state index in [0.29, 0.717) is 34.5 Å². The molecule has 350 valence electrons. The van der Waals surface area contributed by atoms with Crippen LogP contribution in [0.3, 0.4) is 0 Å². The summed E-state index contributed by atoms with van der Waals surface area (Å²) >= 11 is 15.3. The molecule has 0 aliphatic rings. The van der Waals surface area contributed by atoms with Crippen molar-refractivity contribution < 1.29 is 14.3 Å². The van der Waals surface area contributed by atoms with Crippen LogP contribution in [0.25, 0.3) is 33.1 Å². The zero-order valence-electron chi connectivity index (χ0n) is 37.7. The highest BCUT2D eigenvalue weighted by Crippen LogP contribution is 2.29. The molecule has 68 heavy (non-hydrogen) atoms. The van der Waals surface area contributed by atoms with E-state index in [2.05, 4.69) is 56.4 Å². The van der Waals surface area contributed by atoms with E-state index in [1.807, 2.05) is 121 Å². The van der Waals surface area contributed by atoms with E-state index >= 15 is 0 Å². The number of benzene rings is 4. The fourth-order valence-electron chi connectivity index (χ4n) is 7.25. The van der Waals surface area contributed by atoms with Gasteiger partial charge in [-0.1, -0.05) is 81.6 Å². The van der Waals surface area contributed by atoms with E-state index < -0.39 is 0 Å². The van der Waals surface area contributed by atoms with Crippen molar-refractivity contribution in [1.82, 2.24) is 43.9 Å². The fourth-order valence-corrected chi connectivity index (χ4v) is 7.97. The number of aryl methyl sites for hydroxylation is 3. The van der Waals surface area contributed by atoms with Crippen LogP contribution in [0, 0.1) is 0 Å². The standard InChI is InChI=1S/C22H19BrN4O.C17H19N3O.C14H16Cl2N2O/c23-17-8-6-16(7-9-17)21-14-19(18-4-1-2-5-20(18)26-21)22(28)25-10-3-12-27-13-11-24-15-27;1(4-11-20-12-10-18-14-20)5-13-21-17-8-9-19-16-7-3-2-6-15(16)17;15-12-4-5-14(13(16)10-12)19-9-3-1-2-7-18-8-6-17-11-18/h1-2,4-9,11,13-15H,3,10,12H2,(H,25,28);2-3,6-10,12,14H,1,4-5,11,13H2;4-6,8,10-11H,1-3,7,9H2. The topological polar surface area (TPSA) is 127 Å². The Balaban J connectivity index is 0.000000155. The van der Waals surface area contributed by atoms with E-state index in [9.17, 15) is 4.79 Å². The Kier molecular flexibility index (Phi) is 19.4. The Morgan fingerprint density at radius 2 is 1.18 bits per heavy atom. The molecule has 15 heteroatoms.